The molecule has 1 aliphatic heterocycles. The third-order valence-electron chi connectivity index (χ3n) is 5.84. The van der Waals surface area contributed by atoms with Gasteiger partial charge in [-0.15, -0.1) is 0 Å². The van der Waals surface area contributed by atoms with Crippen LogP contribution in [0.3, 0.4) is 0 Å². The number of likely N-dealkylation sites (tertiary alicyclic amines) is 1. The minimum atomic E-state index is 0.537. The van der Waals surface area contributed by atoms with Crippen LogP contribution in [0, 0.1) is 5.92 Å². The number of piperidine rings is 1. The second-order valence-electron chi connectivity index (χ2n) is 8.33. The molecule has 0 aliphatic carbocycles. The number of nitrogens with two attached hydrogens (primary N) is 1. The Labute approximate surface area is 162 Å². The van der Waals surface area contributed by atoms with Crippen molar-refractivity contribution in [2.45, 2.75) is 46.1 Å². The van der Waals surface area contributed by atoms with Crippen molar-refractivity contribution in [2.75, 3.05) is 18.8 Å². The Balaban J connectivity index is 1.74. The molecule has 1 fully saturated rings. The Morgan fingerprint density at radius 2 is 1.78 bits per heavy atom. The van der Waals surface area contributed by atoms with Crippen molar-refractivity contribution in [1.29, 1.82) is 0 Å². The molecule has 142 valence electrons. The maximum Gasteiger partial charge on any atom is 0.137 e. The number of hydrogen-bond donors (Lipinski definition) is 1. The molecule has 1 aliphatic rings. The van der Waals surface area contributed by atoms with E-state index in [4.69, 9.17) is 10.7 Å². The molecule has 3 heterocycles. The highest BCUT2D eigenvalue weighted by molar-refractivity contribution is 5.67. The lowest BCUT2D eigenvalue weighted by Gasteiger charge is -2.30. The first-order valence-electron chi connectivity index (χ1n) is 10.1. The number of rotatable bonds is 4. The van der Waals surface area contributed by atoms with E-state index in [1.54, 1.807) is 0 Å². The fourth-order valence-electron chi connectivity index (χ4n) is 3.95. The van der Waals surface area contributed by atoms with E-state index >= 15 is 0 Å². The molecule has 4 rings (SSSR count). The second kappa shape index (κ2) is 7.35. The van der Waals surface area contributed by atoms with Crippen LogP contribution in [-0.4, -0.2) is 27.4 Å². The van der Waals surface area contributed by atoms with Gasteiger partial charge in [-0.25, -0.2) is 4.98 Å². The first-order valence-corrected chi connectivity index (χ1v) is 10.1. The Bertz CT molecular complexity index is 915. The first kappa shape index (κ1) is 18.1. The molecule has 2 N–H and O–H groups in total. The molecular weight excluding hydrogens is 332 g/mol. The normalized spacial score (nSPS) is 16.4. The van der Waals surface area contributed by atoms with Gasteiger partial charge in [0.05, 0.1) is 11.4 Å². The van der Waals surface area contributed by atoms with Gasteiger partial charge in [0.2, 0.25) is 0 Å². The number of nitrogens with zero attached hydrogens (tertiary/aromatic N) is 3. The van der Waals surface area contributed by atoms with E-state index in [1.807, 2.05) is 18.3 Å². The van der Waals surface area contributed by atoms with Crippen LogP contribution >= 0.6 is 0 Å². The zero-order chi connectivity index (χ0) is 19.0. The Kier molecular flexibility index (Phi) is 4.92. The van der Waals surface area contributed by atoms with Gasteiger partial charge >= 0.3 is 0 Å². The summed E-state index contributed by atoms with van der Waals surface area (Å²) in [5.74, 6) is 1.37. The quantitative estimate of drug-likeness (QED) is 0.715. The highest BCUT2D eigenvalue weighted by atomic mass is 15.2. The van der Waals surface area contributed by atoms with Crippen LogP contribution < -0.4 is 5.73 Å². The lowest BCUT2D eigenvalue weighted by molar-refractivity contribution is 0.183. The zero-order valence-electron chi connectivity index (χ0n) is 16.7. The molecule has 4 heteroatoms. The number of hydrogen-bond acceptors (Lipinski definition) is 3. The van der Waals surface area contributed by atoms with Gasteiger partial charge in [0.15, 0.2) is 0 Å². The molecule has 0 atom stereocenters. The van der Waals surface area contributed by atoms with Gasteiger partial charge in [-0.05, 0) is 55.5 Å². The van der Waals surface area contributed by atoms with Crippen molar-refractivity contribution in [2.24, 2.45) is 5.92 Å². The summed E-state index contributed by atoms with van der Waals surface area (Å²) in [5, 5.41) is 0. The Morgan fingerprint density at radius 1 is 1.07 bits per heavy atom. The van der Waals surface area contributed by atoms with Crippen molar-refractivity contribution < 1.29 is 0 Å². The molecule has 0 amide bonds. The van der Waals surface area contributed by atoms with Crippen LogP contribution in [-0.2, 0) is 6.54 Å². The van der Waals surface area contributed by atoms with Crippen LogP contribution in [0.5, 0.6) is 0 Å². The summed E-state index contributed by atoms with van der Waals surface area (Å²) in [5.41, 5.74) is 12.7. The fraction of sp³-hybridized carbons (Fsp3) is 0.435. The van der Waals surface area contributed by atoms with Crippen LogP contribution in [0.15, 0.2) is 42.6 Å². The van der Waals surface area contributed by atoms with Gasteiger partial charge in [0.1, 0.15) is 5.65 Å². The SMILES string of the molecule is CC1CCN(Cc2c(-c3ccc(C(C)C)cc3)nc3ccc(N)cn23)CC1. The van der Waals surface area contributed by atoms with Crippen molar-refractivity contribution in [3.05, 3.63) is 53.9 Å². The summed E-state index contributed by atoms with van der Waals surface area (Å²) < 4.78 is 2.18. The van der Waals surface area contributed by atoms with E-state index in [0.717, 1.165) is 42.6 Å². The number of nitrogen functional groups attached to an aromatic ring is 1. The summed E-state index contributed by atoms with van der Waals surface area (Å²) in [6, 6.07) is 12.8. The molecule has 0 spiro atoms. The van der Waals surface area contributed by atoms with Crippen molar-refractivity contribution >= 4 is 11.3 Å². The number of fused-ring (bicyclic) bond motifs is 1. The standard InChI is InChI=1S/C23H30N4/c1-16(2)18-4-6-19(7-5-18)23-21(15-26-12-10-17(3)11-13-26)27-14-20(24)8-9-22(27)25-23/h4-9,14,16-17H,10-13,15,24H2,1-3H3. The van der Waals surface area contributed by atoms with Gasteiger partial charge in [-0.2, -0.15) is 0 Å². The molecule has 4 nitrogen and oxygen atoms in total. The number of anilines is 1. The highest BCUT2D eigenvalue weighted by Gasteiger charge is 2.21. The lowest BCUT2D eigenvalue weighted by atomic mass is 9.98. The van der Waals surface area contributed by atoms with E-state index in [0.29, 0.717) is 5.92 Å². The Morgan fingerprint density at radius 3 is 2.44 bits per heavy atom. The minimum absolute atomic E-state index is 0.537. The van der Waals surface area contributed by atoms with E-state index in [9.17, 15) is 0 Å². The summed E-state index contributed by atoms with van der Waals surface area (Å²) >= 11 is 0. The summed E-state index contributed by atoms with van der Waals surface area (Å²) in [6.07, 6.45) is 4.56. The van der Waals surface area contributed by atoms with Crippen LogP contribution in [0.4, 0.5) is 5.69 Å². The average Bonchev–Trinajstić information content (AvgIpc) is 3.01. The van der Waals surface area contributed by atoms with Crippen LogP contribution in [0.2, 0.25) is 0 Å². The molecule has 0 saturated carbocycles. The number of aromatic nitrogens is 2. The molecule has 0 radical (unpaired) electrons. The maximum absolute atomic E-state index is 6.08. The van der Waals surface area contributed by atoms with Crippen LogP contribution in [0.25, 0.3) is 16.9 Å². The Hall–Kier alpha value is -2.33. The molecular formula is C23H30N4. The summed E-state index contributed by atoms with van der Waals surface area (Å²) in [4.78, 5) is 7.51. The number of pyridine rings is 1. The van der Waals surface area contributed by atoms with Gasteiger partial charge in [0, 0.05) is 24.0 Å². The average molecular weight is 363 g/mol. The fourth-order valence-corrected chi connectivity index (χ4v) is 3.95. The largest absolute Gasteiger partial charge is 0.398 e. The van der Waals surface area contributed by atoms with Gasteiger partial charge < -0.3 is 10.1 Å². The molecule has 1 aromatic carbocycles. The van der Waals surface area contributed by atoms with Gasteiger partial charge in [-0.3, -0.25) is 4.90 Å². The predicted octanol–water partition coefficient (Wildman–Crippen LogP) is 4.94. The number of benzene rings is 1. The third-order valence-corrected chi connectivity index (χ3v) is 5.84. The van der Waals surface area contributed by atoms with Gasteiger partial charge in [0.25, 0.3) is 0 Å². The molecule has 3 aromatic rings. The molecule has 27 heavy (non-hydrogen) atoms. The minimum Gasteiger partial charge on any atom is -0.398 e. The van der Waals surface area contributed by atoms with Crippen molar-refractivity contribution in [3.8, 4) is 11.3 Å². The summed E-state index contributed by atoms with van der Waals surface area (Å²) in [7, 11) is 0. The number of imidazole rings is 1. The first-order chi connectivity index (χ1) is 13.0. The van der Waals surface area contributed by atoms with Crippen molar-refractivity contribution in [1.82, 2.24) is 14.3 Å². The van der Waals surface area contributed by atoms with E-state index in [2.05, 4.69) is 54.3 Å². The highest BCUT2D eigenvalue weighted by Crippen LogP contribution is 2.29. The smallest absolute Gasteiger partial charge is 0.137 e. The monoisotopic (exact) mass is 362 g/mol. The predicted molar refractivity (Wildman–Crippen MR) is 113 cm³/mol. The van der Waals surface area contributed by atoms with E-state index < -0.39 is 0 Å². The topological polar surface area (TPSA) is 46.6 Å². The van der Waals surface area contributed by atoms with Crippen molar-refractivity contribution in [3.63, 3.8) is 0 Å². The van der Waals surface area contributed by atoms with E-state index in [1.165, 1.54) is 29.7 Å². The van der Waals surface area contributed by atoms with E-state index in [-0.39, 0.29) is 0 Å². The summed E-state index contributed by atoms with van der Waals surface area (Å²) in [6.45, 7) is 10.0. The second-order valence-corrected chi connectivity index (χ2v) is 8.33. The van der Waals surface area contributed by atoms with Crippen LogP contribution in [0.1, 0.15) is 50.8 Å². The maximum atomic E-state index is 6.08. The molecule has 2 aromatic heterocycles. The van der Waals surface area contributed by atoms with Gasteiger partial charge in [-0.1, -0.05) is 45.0 Å². The molecule has 0 unspecified atom stereocenters. The molecule has 1 saturated heterocycles. The third kappa shape index (κ3) is 3.72. The molecule has 0 bridgehead atoms. The zero-order valence-corrected chi connectivity index (χ0v) is 16.7. The lowest BCUT2D eigenvalue weighted by Crippen LogP contribution is -2.32.